The Morgan fingerprint density at radius 1 is 0.667 bits per heavy atom. The first-order valence-corrected chi connectivity index (χ1v) is 10.1. The summed E-state index contributed by atoms with van der Waals surface area (Å²) in [7, 11) is 3.35. The number of rotatable bonds is 10. The van der Waals surface area contributed by atoms with E-state index in [9.17, 15) is 5.11 Å². The molecule has 3 rings (SSSR count). The average Bonchev–Trinajstić information content (AvgIpc) is 2.77. The molecule has 0 aliphatic heterocycles. The van der Waals surface area contributed by atoms with Crippen molar-refractivity contribution < 1.29 is 14.6 Å². The molecule has 3 aromatic carbocycles. The van der Waals surface area contributed by atoms with Crippen LogP contribution in [0.3, 0.4) is 0 Å². The van der Waals surface area contributed by atoms with Crippen molar-refractivity contribution in [2.75, 3.05) is 14.2 Å². The van der Waals surface area contributed by atoms with Gasteiger partial charge in [0.1, 0.15) is 17.2 Å². The number of phenolic OH excluding ortho intramolecular Hbond substituents is 1. The number of ether oxygens (including phenoxy) is 2. The van der Waals surface area contributed by atoms with Gasteiger partial charge in [-0.25, -0.2) is 0 Å². The van der Waals surface area contributed by atoms with Crippen molar-refractivity contribution in [1.29, 1.82) is 0 Å². The molecule has 0 amide bonds. The minimum Gasteiger partial charge on any atom is -0.507 e. The van der Waals surface area contributed by atoms with E-state index in [0.29, 0.717) is 31.9 Å². The molecule has 0 spiro atoms. The van der Waals surface area contributed by atoms with E-state index in [2.05, 4.69) is 10.6 Å². The van der Waals surface area contributed by atoms with Gasteiger partial charge in [-0.2, -0.15) is 0 Å². The summed E-state index contributed by atoms with van der Waals surface area (Å²) in [5.74, 6) is 2.06. The van der Waals surface area contributed by atoms with Crippen LogP contribution in [0.5, 0.6) is 17.2 Å². The molecule has 0 saturated heterocycles. The van der Waals surface area contributed by atoms with Crippen molar-refractivity contribution >= 4 is 0 Å². The van der Waals surface area contributed by atoms with Gasteiger partial charge in [-0.1, -0.05) is 54.1 Å². The van der Waals surface area contributed by atoms with Crippen LogP contribution in [0.15, 0.2) is 60.7 Å². The summed E-state index contributed by atoms with van der Waals surface area (Å²) < 4.78 is 10.8. The number of hydrogen-bond donors (Lipinski definition) is 3. The molecule has 5 heteroatoms. The fourth-order valence-electron chi connectivity index (χ4n) is 3.57. The summed E-state index contributed by atoms with van der Waals surface area (Å²) in [6, 6.07) is 19.9. The van der Waals surface area contributed by atoms with E-state index in [0.717, 1.165) is 39.3 Å². The zero-order valence-electron chi connectivity index (χ0n) is 17.9. The average molecular weight is 407 g/mol. The topological polar surface area (TPSA) is 62.8 Å². The Labute approximate surface area is 178 Å². The van der Waals surface area contributed by atoms with Crippen molar-refractivity contribution in [2.45, 2.75) is 33.1 Å². The van der Waals surface area contributed by atoms with Crippen LogP contribution in [-0.4, -0.2) is 19.3 Å². The molecule has 5 nitrogen and oxygen atoms in total. The SMILES string of the molecule is COc1ccccc1CNCc1cc(C)cc(CNCc2ccccc2OC)c1O. The minimum absolute atomic E-state index is 0.334. The molecule has 0 fully saturated rings. The standard InChI is InChI=1S/C25H30N2O3/c1-18-12-21(16-26-14-19-8-4-6-10-23(19)29-2)25(28)22(13-18)17-27-15-20-9-5-7-11-24(20)30-3/h4-13,26-28H,14-17H2,1-3H3. The Morgan fingerprint density at radius 3 is 1.50 bits per heavy atom. The highest BCUT2D eigenvalue weighted by Crippen LogP contribution is 2.25. The van der Waals surface area contributed by atoms with Crippen LogP contribution in [0.4, 0.5) is 0 Å². The molecule has 3 N–H and O–H groups in total. The number of phenols is 1. The van der Waals surface area contributed by atoms with E-state index in [-0.39, 0.29) is 0 Å². The Kier molecular flexibility index (Phi) is 7.71. The lowest BCUT2D eigenvalue weighted by molar-refractivity contribution is 0.407. The lowest BCUT2D eigenvalue weighted by atomic mass is 10.0. The molecular weight excluding hydrogens is 376 g/mol. The molecular formula is C25H30N2O3. The lowest BCUT2D eigenvalue weighted by Crippen LogP contribution is -2.16. The van der Waals surface area contributed by atoms with Crippen LogP contribution in [0.2, 0.25) is 0 Å². The van der Waals surface area contributed by atoms with Crippen molar-refractivity contribution in [3.8, 4) is 17.2 Å². The summed E-state index contributed by atoms with van der Waals surface area (Å²) in [4.78, 5) is 0. The second kappa shape index (κ2) is 10.7. The summed E-state index contributed by atoms with van der Waals surface area (Å²) >= 11 is 0. The van der Waals surface area contributed by atoms with Crippen LogP contribution in [0.1, 0.15) is 27.8 Å². The number of hydrogen-bond acceptors (Lipinski definition) is 5. The fraction of sp³-hybridized carbons (Fsp3) is 0.280. The van der Waals surface area contributed by atoms with Crippen LogP contribution < -0.4 is 20.1 Å². The van der Waals surface area contributed by atoms with Gasteiger partial charge in [0.25, 0.3) is 0 Å². The third-order valence-electron chi connectivity index (χ3n) is 5.06. The first-order chi connectivity index (χ1) is 14.6. The molecule has 0 unspecified atom stereocenters. The van der Waals surface area contributed by atoms with Gasteiger partial charge in [-0.15, -0.1) is 0 Å². The monoisotopic (exact) mass is 406 g/mol. The van der Waals surface area contributed by atoms with E-state index in [1.807, 2.05) is 67.6 Å². The molecule has 0 heterocycles. The highest BCUT2D eigenvalue weighted by atomic mass is 16.5. The van der Waals surface area contributed by atoms with Gasteiger partial charge in [-0.05, 0) is 19.1 Å². The van der Waals surface area contributed by atoms with Gasteiger partial charge in [-0.3, -0.25) is 0 Å². The molecule has 0 aliphatic carbocycles. The van der Waals surface area contributed by atoms with Gasteiger partial charge < -0.3 is 25.2 Å². The van der Waals surface area contributed by atoms with Crippen molar-refractivity contribution in [2.24, 2.45) is 0 Å². The number of aromatic hydroxyl groups is 1. The van der Waals surface area contributed by atoms with Gasteiger partial charge in [0.15, 0.2) is 0 Å². The molecule has 0 atom stereocenters. The Bertz CT molecular complexity index is 898. The normalized spacial score (nSPS) is 10.8. The zero-order chi connectivity index (χ0) is 21.3. The first-order valence-electron chi connectivity index (χ1n) is 10.1. The molecule has 0 radical (unpaired) electrons. The van der Waals surface area contributed by atoms with E-state index < -0.39 is 0 Å². The van der Waals surface area contributed by atoms with E-state index >= 15 is 0 Å². The van der Waals surface area contributed by atoms with Crippen molar-refractivity contribution in [3.05, 3.63) is 88.5 Å². The summed E-state index contributed by atoms with van der Waals surface area (Å²) in [5, 5.41) is 17.6. The van der Waals surface area contributed by atoms with Gasteiger partial charge in [0.05, 0.1) is 14.2 Å². The number of benzene rings is 3. The number of aryl methyl sites for hydroxylation is 1. The third-order valence-corrected chi connectivity index (χ3v) is 5.06. The first kappa shape index (κ1) is 21.7. The van der Waals surface area contributed by atoms with Crippen molar-refractivity contribution in [1.82, 2.24) is 10.6 Å². The maximum absolute atomic E-state index is 10.8. The maximum Gasteiger partial charge on any atom is 0.124 e. The Balaban J connectivity index is 1.62. The maximum atomic E-state index is 10.8. The molecule has 0 aliphatic rings. The molecule has 0 saturated carbocycles. The number of nitrogens with one attached hydrogen (secondary N) is 2. The molecule has 3 aromatic rings. The predicted octanol–water partition coefficient (Wildman–Crippen LogP) is 4.30. The molecule has 158 valence electrons. The summed E-state index contributed by atoms with van der Waals surface area (Å²) in [5.41, 5.74) is 5.07. The quantitative estimate of drug-likeness (QED) is 0.469. The largest absolute Gasteiger partial charge is 0.507 e. The number of methoxy groups -OCH3 is 2. The molecule has 30 heavy (non-hydrogen) atoms. The van der Waals surface area contributed by atoms with E-state index in [1.54, 1.807) is 14.2 Å². The van der Waals surface area contributed by atoms with E-state index in [1.165, 1.54) is 0 Å². The van der Waals surface area contributed by atoms with Crippen LogP contribution >= 0.6 is 0 Å². The van der Waals surface area contributed by atoms with Crippen LogP contribution in [0.25, 0.3) is 0 Å². The lowest BCUT2D eigenvalue weighted by Gasteiger charge is -2.15. The molecule has 0 bridgehead atoms. The second-order valence-corrected chi connectivity index (χ2v) is 7.26. The van der Waals surface area contributed by atoms with Gasteiger partial charge in [0, 0.05) is 48.4 Å². The van der Waals surface area contributed by atoms with Gasteiger partial charge >= 0.3 is 0 Å². The number of para-hydroxylation sites is 2. The summed E-state index contributed by atoms with van der Waals surface area (Å²) in [6.07, 6.45) is 0. The minimum atomic E-state index is 0.334. The molecule has 0 aromatic heterocycles. The Morgan fingerprint density at radius 2 is 1.07 bits per heavy atom. The second-order valence-electron chi connectivity index (χ2n) is 7.26. The predicted molar refractivity (Wildman–Crippen MR) is 120 cm³/mol. The highest BCUT2D eigenvalue weighted by Gasteiger charge is 2.10. The third kappa shape index (κ3) is 5.53. The van der Waals surface area contributed by atoms with Crippen LogP contribution in [-0.2, 0) is 26.2 Å². The highest BCUT2D eigenvalue weighted by molar-refractivity contribution is 5.44. The Hall–Kier alpha value is -3.02. The fourth-order valence-corrected chi connectivity index (χ4v) is 3.57. The van der Waals surface area contributed by atoms with E-state index in [4.69, 9.17) is 9.47 Å². The van der Waals surface area contributed by atoms with Crippen molar-refractivity contribution in [3.63, 3.8) is 0 Å². The van der Waals surface area contributed by atoms with Crippen LogP contribution in [0, 0.1) is 6.92 Å². The van der Waals surface area contributed by atoms with Gasteiger partial charge in [0.2, 0.25) is 0 Å². The summed E-state index contributed by atoms with van der Waals surface area (Å²) in [6.45, 7) is 4.53. The smallest absolute Gasteiger partial charge is 0.124 e. The zero-order valence-corrected chi connectivity index (χ0v) is 17.9.